The average molecular weight is 437 g/mol. The SMILES string of the molecule is Cc1ccc(C(=O)Nc2ccc3c(c2)CCN3[C@@H](c2ccccc2)[C@H](O)CO)cc1Cl. The summed E-state index contributed by atoms with van der Waals surface area (Å²) in [5, 5.41) is 23.7. The highest BCUT2D eigenvalue weighted by Crippen LogP contribution is 2.38. The third-order valence-electron chi connectivity index (χ3n) is 5.73. The second-order valence-electron chi connectivity index (χ2n) is 7.81. The molecule has 2 atom stereocenters. The summed E-state index contributed by atoms with van der Waals surface area (Å²) >= 11 is 6.15. The van der Waals surface area contributed by atoms with Gasteiger partial charge < -0.3 is 20.4 Å². The highest BCUT2D eigenvalue weighted by molar-refractivity contribution is 6.31. The maximum Gasteiger partial charge on any atom is 0.255 e. The largest absolute Gasteiger partial charge is 0.394 e. The van der Waals surface area contributed by atoms with Crippen LogP contribution in [0.3, 0.4) is 0 Å². The van der Waals surface area contributed by atoms with Crippen molar-refractivity contribution in [2.75, 3.05) is 23.4 Å². The summed E-state index contributed by atoms with van der Waals surface area (Å²) in [4.78, 5) is 14.7. The number of aryl methyl sites for hydroxylation is 1. The number of amides is 1. The molecule has 3 aromatic carbocycles. The number of rotatable bonds is 6. The van der Waals surface area contributed by atoms with Crippen LogP contribution in [-0.4, -0.2) is 35.4 Å². The Bertz CT molecular complexity index is 1090. The molecule has 0 fully saturated rings. The number of aliphatic hydroxyl groups is 2. The van der Waals surface area contributed by atoms with Gasteiger partial charge in [-0.2, -0.15) is 0 Å². The number of aliphatic hydroxyl groups excluding tert-OH is 2. The molecule has 0 unspecified atom stereocenters. The van der Waals surface area contributed by atoms with E-state index >= 15 is 0 Å². The smallest absolute Gasteiger partial charge is 0.255 e. The molecule has 1 aliphatic heterocycles. The normalized spacial score (nSPS) is 14.8. The van der Waals surface area contributed by atoms with Gasteiger partial charge in [0.05, 0.1) is 12.6 Å². The zero-order valence-corrected chi connectivity index (χ0v) is 18.0. The van der Waals surface area contributed by atoms with Gasteiger partial charge in [-0.05, 0) is 60.4 Å². The molecule has 3 aromatic rings. The fraction of sp³-hybridized carbons (Fsp3) is 0.240. The predicted octanol–water partition coefficient (Wildman–Crippen LogP) is 4.36. The van der Waals surface area contributed by atoms with Crippen LogP contribution in [0.1, 0.15) is 33.1 Å². The molecule has 1 aliphatic rings. The molecule has 4 rings (SSSR count). The van der Waals surface area contributed by atoms with Gasteiger partial charge in [-0.3, -0.25) is 4.79 Å². The number of nitrogens with one attached hydrogen (secondary N) is 1. The minimum Gasteiger partial charge on any atom is -0.394 e. The highest BCUT2D eigenvalue weighted by Gasteiger charge is 2.32. The van der Waals surface area contributed by atoms with Gasteiger partial charge in [0.25, 0.3) is 5.91 Å². The molecule has 0 saturated carbocycles. The number of anilines is 2. The van der Waals surface area contributed by atoms with Gasteiger partial charge in [-0.15, -0.1) is 0 Å². The van der Waals surface area contributed by atoms with Crippen molar-refractivity contribution in [3.8, 4) is 0 Å². The Kier molecular flexibility index (Phi) is 6.28. The minimum atomic E-state index is -0.904. The maximum atomic E-state index is 12.6. The molecular formula is C25H25ClN2O3. The van der Waals surface area contributed by atoms with Crippen LogP contribution in [0.4, 0.5) is 11.4 Å². The first-order valence-corrected chi connectivity index (χ1v) is 10.7. The Hall–Kier alpha value is -2.86. The standard InChI is InChI=1S/C25H25ClN2O3/c1-16-7-8-19(14-21(16)26)25(31)27-20-9-10-22-18(13-20)11-12-28(22)24(23(30)15-29)17-5-3-2-4-6-17/h2-10,13-14,23-24,29-30H,11-12,15H2,1H3,(H,27,31)/t23-,24+/m1/s1. The van der Waals surface area contributed by atoms with E-state index in [-0.39, 0.29) is 18.6 Å². The molecule has 160 valence electrons. The van der Waals surface area contributed by atoms with Crippen molar-refractivity contribution >= 4 is 28.9 Å². The van der Waals surface area contributed by atoms with Gasteiger partial charge >= 0.3 is 0 Å². The quantitative estimate of drug-likeness (QED) is 0.537. The Labute approximate surface area is 186 Å². The van der Waals surface area contributed by atoms with E-state index in [4.69, 9.17) is 11.6 Å². The van der Waals surface area contributed by atoms with E-state index < -0.39 is 6.10 Å². The Morgan fingerprint density at radius 2 is 1.90 bits per heavy atom. The Morgan fingerprint density at radius 1 is 1.13 bits per heavy atom. The summed E-state index contributed by atoms with van der Waals surface area (Å²) in [6.45, 7) is 2.29. The monoisotopic (exact) mass is 436 g/mol. The van der Waals surface area contributed by atoms with Crippen molar-refractivity contribution in [2.45, 2.75) is 25.5 Å². The second kappa shape index (κ2) is 9.10. The number of hydrogen-bond acceptors (Lipinski definition) is 4. The first-order valence-electron chi connectivity index (χ1n) is 10.3. The fourth-order valence-electron chi connectivity index (χ4n) is 4.09. The number of halogens is 1. The lowest BCUT2D eigenvalue weighted by Crippen LogP contribution is -2.37. The van der Waals surface area contributed by atoms with E-state index in [0.717, 1.165) is 35.3 Å². The summed E-state index contributed by atoms with van der Waals surface area (Å²) in [5.74, 6) is -0.213. The molecule has 0 saturated heterocycles. The van der Waals surface area contributed by atoms with Gasteiger partial charge in [-0.25, -0.2) is 0 Å². The molecular weight excluding hydrogens is 412 g/mol. The zero-order chi connectivity index (χ0) is 22.0. The third kappa shape index (κ3) is 4.44. The molecule has 1 heterocycles. The van der Waals surface area contributed by atoms with Gasteiger partial charge in [0.1, 0.15) is 6.10 Å². The molecule has 0 radical (unpaired) electrons. The zero-order valence-electron chi connectivity index (χ0n) is 17.3. The first-order chi connectivity index (χ1) is 15.0. The third-order valence-corrected chi connectivity index (χ3v) is 6.14. The van der Waals surface area contributed by atoms with Gasteiger partial charge in [0, 0.05) is 28.5 Å². The van der Waals surface area contributed by atoms with Crippen LogP contribution in [0, 0.1) is 6.92 Å². The average Bonchev–Trinajstić information content (AvgIpc) is 3.19. The van der Waals surface area contributed by atoms with Crippen LogP contribution in [0.25, 0.3) is 0 Å². The van der Waals surface area contributed by atoms with Crippen molar-refractivity contribution in [3.63, 3.8) is 0 Å². The molecule has 0 aromatic heterocycles. The molecule has 5 nitrogen and oxygen atoms in total. The van der Waals surface area contributed by atoms with Crippen LogP contribution >= 0.6 is 11.6 Å². The van der Waals surface area contributed by atoms with Crippen molar-refractivity contribution in [1.82, 2.24) is 0 Å². The minimum absolute atomic E-state index is 0.213. The van der Waals surface area contributed by atoms with Gasteiger partial charge in [-0.1, -0.05) is 48.0 Å². The second-order valence-corrected chi connectivity index (χ2v) is 8.22. The molecule has 0 aliphatic carbocycles. The topological polar surface area (TPSA) is 72.8 Å². The number of benzene rings is 3. The Morgan fingerprint density at radius 3 is 2.61 bits per heavy atom. The van der Waals surface area contributed by atoms with E-state index in [9.17, 15) is 15.0 Å². The lowest BCUT2D eigenvalue weighted by molar-refractivity contribution is 0.0717. The van der Waals surface area contributed by atoms with Gasteiger partial charge in [0.15, 0.2) is 0 Å². The van der Waals surface area contributed by atoms with Crippen LogP contribution in [0.5, 0.6) is 0 Å². The van der Waals surface area contributed by atoms with Gasteiger partial charge in [0.2, 0.25) is 0 Å². The lowest BCUT2D eigenvalue weighted by Gasteiger charge is -2.33. The van der Waals surface area contributed by atoms with E-state index in [1.807, 2.05) is 61.5 Å². The van der Waals surface area contributed by atoms with Crippen LogP contribution in [0.2, 0.25) is 5.02 Å². The Balaban J connectivity index is 1.57. The van der Waals surface area contributed by atoms with E-state index in [1.165, 1.54) is 0 Å². The molecule has 0 bridgehead atoms. The summed E-state index contributed by atoms with van der Waals surface area (Å²) < 4.78 is 0. The van der Waals surface area contributed by atoms with E-state index in [2.05, 4.69) is 10.2 Å². The number of hydrogen-bond donors (Lipinski definition) is 3. The molecule has 6 heteroatoms. The molecule has 0 spiro atoms. The predicted molar refractivity (Wildman–Crippen MR) is 124 cm³/mol. The van der Waals surface area contributed by atoms with Crippen molar-refractivity contribution in [1.29, 1.82) is 0 Å². The molecule has 31 heavy (non-hydrogen) atoms. The van der Waals surface area contributed by atoms with Crippen LogP contribution < -0.4 is 10.2 Å². The summed E-state index contributed by atoms with van der Waals surface area (Å²) in [7, 11) is 0. The van der Waals surface area contributed by atoms with Crippen molar-refractivity contribution in [2.24, 2.45) is 0 Å². The lowest BCUT2D eigenvalue weighted by atomic mass is 9.99. The number of carbonyl (C=O) groups excluding carboxylic acids is 1. The van der Waals surface area contributed by atoms with Crippen molar-refractivity contribution < 1.29 is 15.0 Å². The maximum absolute atomic E-state index is 12.6. The van der Waals surface area contributed by atoms with Crippen LogP contribution in [0.15, 0.2) is 66.7 Å². The highest BCUT2D eigenvalue weighted by atomic mass is 35.5. The van der Waals surface area contributed by atoms with E-state index in [1.54, 1.807) is 12.1 Å². The number of fused-ring (bicyclic) bond motifs is 1. The van der Waals surface area contributed by atoms with Crippen LogP contribution in [-0.2, 0) is 6.42 Å². The molecule has 3 N–H and O–H groups in total. The number of carbonyl (C=O) groups is 1. The fourth-order valence-corrected chi connectivity index (χ4v) is 4.27. The van der Waals surface area contributed by atoms with E-state index in [0.29, 0.717) is 16.3 Å². The summed E-state index contributed by atoms with van der Waals surface area (Å²) in [6.07, 6.45) is -0.115. The van der Waals surface area contributed by atoms with Crippen molar-refractivity contribution in [3.05, 3.63) is 94.0 Å². The summed E-state index contributed by atoms with van der Waals surface area (Å²) in [6, 6.07) is 20.4. The first kappa shape index (κ1) is 21.4. The number of nitrogens with zero attached hydrogens (tertiary/aromatic N) is 1. The summed E-state index contributed by atoms with van der Waals surface area (Å²) in [5.41, 5.74) is 5.18. The molecule has 1 amide bonds.